The minimum atomic E-state index is -5.94. The van der Waals surface area contributed by atoms with Crippen LogP contribution in [-0.4, -0.2) is 39.9 Å². The summed E-state index contributed by atoms with van der Waals surface area (Å²) in [7, 11) is -11.9. The first-order valence-corrected chi connectivity index (χ1v) is 10.1. The summed E-state index contributed by atoms with van der Waals surface area (Å²) in [5.74, 6) is 0. The minimum Gasteiger partial charge on any atom is -0.203 e. The summed E-state index contributed by atoms with van der Waals surface area (Å²) < 4.78 is 125. The van der Waals surface area contributed by atoms with Gasteiger partial charge in [0.1, 0.15) is 0 Å². The van der Waals surface area contributed by atoms with Gasteiger partial charge in [0.15, 0.2) is 0 Å². The van der Waals surface area contributed by atoms with Gasteiger partial charge >= 0.3 is 31.1 Å². The smallest absolute Gasteiger partial charge is 0.203 e. The standard InChI is InChI=1S/C12H22F6N2O4S2/c1-9(2,3)7(19-25(21,22)11(13,14)15)8(10(4,5)6)20-26(23,24)12(16,17)18/h7-8,19-20H,1-6H3/t7-,8-/m0/s1. The Bertz CT molecular complexity index is 638. The molecule has 0 aromatic heterocycles. The number of alkyl halides is 6. The van der Waals surface area contributed by atoms with Crippen LogP contribution in [0, 0.1) is 10.8 Å². The highest BCUT2D eigenvalue weighted by Gasteiger charge is 2.54. The maximum atomic E-state index is 12.7. The topological polar surface area (TPSA) is 92.3 Å². The molecule has 26 heavy (non-hydrogen) atoms. The van der Waals surface area contributed by atoms with E-state index in [1.165, 1.54) is 51.0 Å². The molecule has 158 valence electrons. The Labute approximate surface area is 148 Å². The lowest BCUT2D eigenvalue weighted by atomic mass is 9.73. The van der Waals surface area contributed by atoms with E-state index < -0.39 is 54.0 Å². The number of rotatable bonds is 5. The van der Waals surface area contributed by atoms with Crippen molar-refractivity contribution in [2.24, 2.45) is 10.8 Å². The third-order valence-electron chi connectivity index (χ3n) is 3.37. The third kappa shape index (κ3) is 6.23. The summed E-state index contributed by atoms with van der Waals surface area (Å²) in [6, 6.07) is -3.68. The van der Waals surface area contributed by atoms with Gasteiger partial charge in [0.2, 0.25) is 0 Å². The molecule has 0 aromatic carbocycles. The van der Waals surface area contributed by atoms with Gasteiger partial charge in [0.25, 0.3) is 0 Å². The maximum Gasteiger partial charge on any atom is 0.511 e. The van der Waals surface area contributed by atoms with E-state index in [1.54, 1.807) is 0 Å². The van der Waals surface area contributed by atoms with E-state index in [9.17, 15) is 43.2 Å². The van der Waals surface area contributed by atoms with Gasteiger partial charge in [-0.05, 0) is 10.8 Å². The monoisotopic (exact) mass is 436 g/mol. The number of halogens is 6. The number of hydrogen-bond acceptors (Lipinski definition) is 4. The second-order valence-electron chi connectivity index (χ2n) is 7.82. The van der Waals surface area contributed by atoms with Crippen LogP contribution in [0.2, 0.25) is 0 Å². The van der Waals surface area contributed by atoms with Crippen molar-refractivity contribution >= 4 is 20.0 Å². The molecule has 0 heterocycles. The summed E-state index contributed by atoms with van der Waals surface area (Å²) in [5.41, 5.74) is -14.2. The van der Waals surface area contributed by atoms with Crippen LogP contribution < -0.4 is 9.44 Å². The lowest BCUT2D eigenvalue weighted by molar-refractivity contribution is -0.0478. The average Bonchev–Trinajstić information content (AvgIpc) is 2.27. The van der Waals surface area contributed by atoms with Crippen molar-refractivity contribution in [2.45, 2.75) is 64.6 Å². The maximum absolute atomic E-state index is 12.7. The Balaban J connectivity index is 6.31. The zero-order chi connectivity index (χ0) is 21.6. The molecule has 0 unspecified atom stereocenters. The third-order valence-corrected chi connectivity index (χ3v) is 5.72. The van der Waals surface area contributed by atoms with E-state index >= 15 is 0 Å². The molecule has 14 heteroatoms. The van der Waals surface area contributed by atoms with E-state index in [2.05, 4.69) is 0 Å². The molecular formula is C12H22F6N2O4S2. The lowest BCUT2D eigenvalue weighted by Gasteiger charge is -2.43. The summed E-state index contributed by atoms with van der Waals surface area (Å²) in [4.78, 5) is 0. The molecule has 6 nitrogen and oxygen atoms in total. The predicted octanol–water partition coefficient (Wildman–Crippen LogP) is 2.69. The molecule has 2 N–H and O–H groups in total. The lowest BCUT2D eigenvalue weighted by Crippen LogP contribution is -2.64. The molecule has 2 atom stereocenters. The Morgan fingerprint density at radius 3 is 0.885 bits per heavy atom. The van der Waals surface area contributed by atoms with Crippen LogP contribution >= 0.6 is 0 Å². The highest BCUT2D eigenvalue weighted by Crippen LogP contribution is 2.35. The Hall–Kier alpha value is -0.600. The fourth-order valence-electron chi connectivity index (χ4n) is 1.96. The molecule has 0 fully saturated rings. The van der Waals surface area contributed by atoms with Crippen molar-refractivity contribution in [3.63, 3.8) is 0 Å². The van der Waals surface area contributed by atoms with Crippen LogP contribution in [0.15, 0.2) is 0 Å². The van der Waals surface area contributed by atoms with E-state index in [1.807, 2.05) is 0 Å². The molecule has 0 aromatic rings. The van der Waals surface area contributed by atoms with Crippen molar-refractivity contribution in [2.75, 3.05) is 0 Å². The first kappa shape index (κ1) is 25.4. The van der Waals surface area contributed by atoms with Gasteiger partial charge in [-0.15, -0.1) is 0 Å². The second-order valence-corrected chi connectivity index (χ2v) is 11.2. The Morgan fingerprint density at radius 1 is 0.577 bits per heavy atom. The molecule has 0 bridgehead atoms. The van der Waals surface area contributed by atoms with Gasteiger partial charge in [0, 0.05) is 12.1 Å². The zero-order valence-corrected chi connectivity index (χ0v) is 16.5. The Morgan fingerprint density at radius 2 is 0.769 bits per heavy atom. The molecule has 0 radical (unpaired) electrons. The normalized spacial score (nSPS) is 17.8. The molecule has 0 aliphatic heterocycles. The van der Waals surface area contributed by atoms with Gasteiger partial charge in [-0.3, -0.25) is 0 Å². The van der Waals surface area contributed by atoms with Crippen LogP contribution in [-0.2, 0) is 20.0 Å². The van der Waals surface area contributed by atoms with Gasteiger partial charge in [-0.2, -0.15) is 26.3 Å². The quantitative estimate of drug-likeness (QED) is 0.649. The summed E-state index contributed by atoms with van der Waals surface area (Å²) >= 11 is 0. The van der Waals surface area contributed by atoms with Crippen LogP contribution in [0.5, 0.6) is 0 Å². The summed E-state index contributed by atoms with van der Waals surface area (Å²) in [6.45, 7) is 7.57. The first-order chi connectivity index (χ1) is 10.9. The molecule has 0 rings (SSSR count). The SMILES string of the molecule is CC(C)(C)[C@@H](NS(=O)(=O)C(F)(F)F)[C@H](NS(=O)(=O)C(F)(F)F)C(C)(C)C. The summed E-state index contributed by atoms with van der Waals surface area (Å²) in [5, 5.41) is 0. The summed E-state index contributed by atoms with van der Waals surface area (Å²) in [6.07, 6.45) is 0. The highest BCUT2D eigenvalue weighted by atomic mass is 32.2. The van der Waals surface area contributed by atoms with E-state index in [-0.39, 0.29) is 0 Å². The minimum absolute atomic E-state index is 1.26. The Kier molecular flexibility index (Phi) is 6.93. The molecule has 0 amide bonds. The molecular weight excluding hydrogens is 414 g/mol. The largest absolute Gasteiger partial charge is 0.511 e. The van der Waals surface area contributed by atoms with Crippen LogP contribution in [0.4, 0.5) is 26.3 Å². The van der Waals surface area contributed by atoms with Gasteiger partial charge in [0.05, 0.1) is 0 Å². The number of sulfonamides is 2. The van der Waals surface area contributed by atoms with Gasteiger partial charge in [-0.25, -0.2) is 26.3 Å². The van der Waals surface area contributed by atoms with Crippen LogP contribution in [0.1, 0.15) is 41.5 Å². The van der Waals surface area contributed by atoms with E-state index in [0.717, 1.165) is 0 Å². The molecule has 0 saturated carbocycles. The second kappa shape index (κ2) is 7.09. The van der Waals surface area contributed by atoms with Crippen molar-refractivity contribution in [3.8, 4) is 0 Å². The van der Waals surface area contributed by atoms with Gasteiger partial charge in [-0.1, -0.05) is 41.5 Å². The van der Waals surface area contributed by atoms with E-state index in [4.69, 9.17) is 0 Å². The van der Waals surface area contributed by atoms with Crippen molar-refractivity contribution in [3.05, 3.63) is 0 Å². The zero-order valence-electron chi connectivity index (χ0n) is 14.9. The molecule has 0 aliphatic carbocycles. The highest BCUT2D eigenvalue weighted by molar-refractivity contribution is 7.90. The van der Waals surface area contributed by atoms with Gasteiger partial charge < -0.3 is 0 Å². The van der Waals surface area contributed by atoms with Crippen molar-refractivity contribution in [1.82, 2.24) is 9.44 Å². The fraction of sp³-hybridized carbons (Fsp3) is 1.00. The molecule has 0 saturated heterocycles. The number of nitrogens with one attached hydrogen (secondary N) is 2. The number of hydrogen-bond donors (Lipinski definition) is 2. The van der Waals surface area contributed by atoms with Crippen LogP contribution in [0.3, 0.4) is 0 Å². The molecule has 0 aliphatic rings. The van der Waals surface area contributed by atoms with Crippen molar-refractivity contribution < 1.29 is 43.2 Å². The van der Waals surface area contributed by atoms with Crippen LogP contribution in [0.25, 0.3) is 0 Å². The predicted molar refractivity (Wildman–Crippen MR) is 82.7 cm³/mol. The first-order valence-electron chi connectivity index (χ1n) is 7.11. The molecule has 0 spiro atoms. The van der Waals surface area contributed by atoms with Crippen molar-refractivity contribution in [1.29, 1.82) is 0 Å². The fourth-order valence-corrected chi connectivity index (χ4v) is 3.87. The average molecular weight is 436 g/mol. The van der Waals surface area contributed by atoms with E-state index in [0.29, 0.717) is 0 Å².